The molecule has 23 heavy (non-hydrogen) atoms. The number of nitrogens with one attached hydrogen (secondary N) is 1. The number of carbonyl (C=O) groups is 2. The van der Waals surface area contributed by atoms with Gasteiger partial charge in [0.1, 0.15) is 5.75 Å². The molecule has 1 aliphatic rings. The van der Waals surface area contributed by atoms with Crippen molar-refractivity contribution in [2.24, 2.45) is 5.92 Å². The minimum Gasteiger partial charge on any atom is -0.494 e. The number of ether oxygens (including phenoxy) is 2. The van der Waals surface area contributed by atoms with Crippen LogP contribution in [0, 0.1) is 5.92 Å². The molecule has 1 N–H and O–H groups in total. The highest BCUT2D eigenvalue weighted by molar-refractivity contribution is 5.89. The molecular formula is C17H24N2O4. The first-order valence-corrected chi connectivity index (χ1v) is 8.09. The predicted octanol–water partition coefficient (Wildman–Crippen LogP) is 2.89. The molecule has 1 aliphatic heterocycles. The van der Waals surface area contributed by atoms with Crippen LogP contribution in [0.4, 0.5) is 10.5 Å². The van der Waals surface area contributed by atoms with E-state index < -0.39 is 0 Å². The number of anilines is 1. The van der Waals surface area contributed by atoms with Crippen molar-refractivity contribution in [1.82, 2.24) is 4.90 Å². The van der Waals surface area contributed by atoms with Crippen molar-refractivity contribution in [3.63, 3.8) is 0 Å². The molecule has 1 unspecified atom stereocenters. The quantitative estimate of drug-likeness (QED) is 0.847. The van der Waals surface area contributed by atoms with Crippen LogP contribution in [0.15, 0.2) is 24.3 Å². The van der Waals surface area contributed by atoms with E-state index in [4.69, 9.17) is 9.47 Å². The summed E-state index contributed by atoms with van der Waals surface area (Å²) in [6.45, 7) is 5.74. The van der Waals surface area contributed by atoms with Gasteiger partial charge >= 0.3 is 12.0 Å². The molecule has 1 aromatic rings. The molecule has 2 rings (SSSR count). The lowest BCUT2D eigenvalue weighted by molar-refractivity contribution is -0.149. The van der Waals surface area contributed by atoms with Crippen LogP contribution >= 0.6 is 0 Å². The maximum absolute atomic E-state index is 12.3. The van der Waals surface area contributed by atoms with E-state index in [9.17, 15) is 9.59 Å². The van der Waals surface area contributed by atoms with Crippen molar-refractivity contribution < 1.29 is 19.1 Å². The number of piperidine rings is 1. The molecule has 0 bridgehead atoms. The zero-order chi connectivity index (χ0) is 16.7. The smallest absolute Gasteiger partial charge is 0.321 e. The van der Waals surface area contributed by atoms with Crippen molar-refractivity contribution in [2.45, 2.75) is 26.7 Å². The lowest BCUT2D eigenvalue weighted by Crippen LogP contribution is -2.44. The first-order valence-electron chi connectivity index (χ1n) is 8.09. The molecule has 0 saturated carbocycles. The lowest BCUT2D eigenvalue weighted by atomic mass is 9.98. The Morgan fingerprint density at radius 1 is 1.22 bits per heavy atom. The molecule has 1 atom stereocenters. The van der Waals surface area contributed by atoms with E-state index >= 15 is 0 Å². The maximum Gasteiger partial charge on any atom is 0.321 e. The third-order valence-electron chi connectivity index (χ3n) is 3.75. The number of urea groups is 1. The number of likely N-dealkylation sites (tertiary alicyclic amines) is 1. The van der Waals surface area contributed by atoms with E-state index in [2.05, 4.69) is 5.32 Å². The summed E-state index contributed by atoms with van der Waals surface area (Å²) in [5.41, 5.74) is 0.705. The highest BCUT2D eigenvalue weighted by Crippen LogP contribution is 2.20. The van der Waals surface area contributed by atoms with Gasteiger partial charge in [0.05, 0.1) is 19.1 Å². The number of nitrogens with zero attached hydrogens (tertiary/aromatic N) is 1. The van der Waals surface area contributed by atoms with Gasteiger partial charge in [-0.3, -0.25) is 4.79 Å². The van der Waals surface area contributed by atoms with E-state index in [0.717, 1.165) is 18.6 Å². The van der Waals surface area contributed by atoms with Gasteiger partial charge in [0.25, 0.3) is 0 Å². The Morgan fingerprint density at radius 2 is 1.96 bits per heavy atom. The van der Waals surface area contributed by atoms with E-state index in [1.54, 1.807) is 24.0 Å². The standard InChI is InChI=1S/C17H24N2O4/c1-3-22-15-9-7-14(8-10-15)18-17(21)19-11-5-6-13(12-19)16(20)23-4-2/h7-10,13H,3-6,11-12H2,1-2H3,(H,18,21). The Balaban J connectivity index is 1.90. The van der Waals surface area contributed by atoms with Crippen LogP contribution in [0.5, 0.6) is 5.75 Å². The fourth-order valence-corrected chi connectivity index (χ4v) is 2.62. The predicted molar refractivity (Wildman–Crippen MR) is 87.6 cm³/mol. The number of carbonyl (C=O) groups excluding carboxylic acids is 2. The Morgan fingerprint density at radius 3 is 2.61 bits per heavy atom. The fourth-order valence-electron chi connectivity index (χ4n) is 2.62. The molecule has 1 saturated heterocycles. The summed E-state index contributed by atoms with van der Waals surface area (Å²) in [4.78, 5) is 25.8. The largest absolute Gasteiger partial charge is 0.494 e. The lowest BCUT2D eigenvalue weighted by Gasteiger charge is -2.31. The van der Waals surface area contributed by atoms with Gasteiger partial charge in [-0.05, 0) is 51.0 Å². The maximum atomic E-state index is 12.3. The average molecular weight is 320 g/mol. The molecular weight excluding hydrogens is 296 g/mol. The second-order valence-electron chi connectivity index (χ2n) is 5.42. The van der Waals surface area contributed by atoms with Crippen LogP contribution in [0.25, 0.3) is 0 Å². The van der Waals surface area contributed by atoms with Gasteiger partial charge in [0.2, 0.25) is 0 Å². The highest BCUT2D eigenvalue weighted by Gasteiger charge is 2.29. The van der Waals surface area contributed by atoms with Crippen molar-refractivity contribution in [3.8, 4) is 5.75 Å². The van der Waals surface area contributed by atoms with E-state index in [-0.39, 0.29) is 17.9 Å². The SMILES string of the molecule is CCOC(=O)C1CCCN(C(=O)Nc2ccc(OCC)cc2)C1. The molecule has 1 heterocycles. The molecule has 6 nitrogen and oxygen atoms in total. The normalized spacial score (nSPS) is 17.5. The van der Waals surface area contributed by atoms with Gasteiger partial charge in [-0.25, -0.2) is 4.79 Å². The number of rotatable bonds is 5. The first kappa shape index (κ1) is 17.1. The van der Waals surface area contributed by atoms with Crippen LogP contribution in [0.2, 0.25) is 0 Å². The Bertz CT molecular complexity index is 530. The third-order valence-corrected chi connectivity index (χ3v) is 3.75. The molecule has 1 fully saturated rings. The van der Waals surface area contributed by atoms with Crippen molar-refractivity contribution >= 4 is 17.7 Å². The highest BCUT2D eigenvalue weighted by atomic mass is 16.5. The minimum absolute atomic E-state index is 0.192. The minimum atomic E-state index is -0.227. The second kappa shape index (κ2) is 8.41. The summed E-state index contributed by atoms with van der Waals surface area (Å²) in [5, 5.41) is 2.85. The van der Waals surface area contributed by atoms with Gasteiger partial charge in [0.15, 0.2) is 0 Å². The Labute approximate surface area is 136 Å². The number of esters is 1. The van der Waals surface area contributed by atoms with E-state index in [1.807, 2.05) is 19.1 Å². The van der Waals surface area contributed by atoms with Crippen LogP contribution in [0.1, 0.15) is 26.7 Å². The van der Waals surface area contributed by atoms with Gasteiger partial charge in [-0.2, -0.15) is 0 Å². The van der Waals surface area contributed by atoms with Crippen LogP contribution in [-0.4, -0.2) is 43.2 Å². The summed E-state index contributed by atoms with van der Waals surface area (Å²) in [7, 11) is 0. The Hall–Kier alpha value is -2.24. The average Bonchev–Trinajstić information content (AvgIpc) is 2.57. The monoisotopic (exact) mass is 320 g/mol. The first-order chi connectivity index (χ1) is 11.1. The van der Waals surface area contributed by atoms with Gasteiger partial charge in [0, 0.05) is 18.8 Å². The fraction of sp³-hybridized carbons (Fsp3) is 0.529. The number of amides is 2. The van der Waals surface area contributed by atoms with Crippen molar-refractivity contribution in [3.05, 3.63) is 24.3 Å². The van der Waals surface area contributed by atoms with Crippen LogP contribution < -0.4 is 10.1 Å². The number of benzene rings is 1. The molecule has 1 aromatic carbocycles. The molecule has 0 aliphatic carbocycles. The van der Waals surface area contributed by atoms with E-state index in [0.29, 0.717) is 32.0 Å². The van der Waals surface area contributed by atoms with E-state index in [1.165, 1.54) is 0 Å². The van der Waals surface area contributed by atoms with Gasteiger partial charge in [-0.15, -0.1) is 0 Å². The number of hydrogen-bond donors (Lipinski definition) is 1. The summed E-state index contributed by atoms with van der Waals surface area (Å²) < 4.78 is 10.4. The van der Waals surface area contributed by atoms with Crippen molar-refractivity contribution in [2.75, 3.05) is 31.6 Å². The molecule has 0 radical (unpaired) electrons. The molecule has 0 aromatic heterocycles. The molecule has 126 valence electrons. The summed E-state index contributed by atoms with van der Waals surface area (Å²) >= 11 is 0. The summed E-state index contributed by atoms with van der Waals surface area (Å²) in [6, 6.07) is 7.04. The topological polar surface area (TPSA) is 67.9 Å². The molecule has 2 amide bonds. The van der Waals surface area contributed by atoms with Gasteiger partial charge in [-0.1, -0.05) is 0 Å². The zero-order valence-corrected chi connectivity index (χ0v) is 13.7. The summed E-state index contributed by atoms with van der Waals surface area (Å²) in [5.74, 6) is 0.326. The van der Waals surface area contributed by atoms with Crippen LogP contribution in [-0.2, 0) is 9.53 Å². The van der Waals surface area contributed by atoms with Crippen LogP contribution in [0.3, 0.4) is 0 Å². The van der Waals surface area contributed by atoms with Crippen molar-refractivity contribution in [1.29, 1.82) is 0 Å². The molecule has 6 heteroatoms. The summed E-state index contributed by atoms with van der Waals surface area (Å²) in [6.07, 6.45) is 1.58. The third kappa shape index (κ3) is 4.87. The molecule has 0 spiro atoms. The van der Waals surface area contributed by atoms with Gasteiger partial charge < -0.3 is 19.7 Å². The second-order valence-corrected chi connectivity index (χ2v) is 5.42. The number of hydrogen-bond acceptors (Lipinski definition) is 4. The zero-order valence-electron chi connectivity index (χ0n) is 13.7. The Kier molecular flexibility index (Phi) is 6.26.